The standard InChI is InChI=1S/C16H18FN3O2/c1-10(2)9-22-16-18-14(12-4-3-5-13(17)8-12)20(19-16)15(21)11-6-7-11/h3-5,8,10-11H,6-7,9H2,1-2H3. The zero-order valence-corrected chi connectivity index (χ0v) is 12.6. The van der Waals surface area contributed by atoms with Crippen LogP contribution in [0.1, 0.15) is 31.5 Å². The van der Waals surface area contributed by atoms with Crippen molar-refractivity contribution in [1.82, 2.24) is 14.8 Å². The number of benzene rings is 1. The Hall–Kier alpha value is -2.24. The van der Waals surface area contributed by atoms with E-state index in [1.165, 1.54) is 16.8 Å². The molecule has 1 aliphatic carbocycles. The van der Waals surface area contributed by atoms with Gasteiger partial charge in [0.25, 0.3) is 5.91 Å². The van der Waals surface area contributed by atoms with E-state index >= 15 is 0 Å². The van der Waals surface area contributed by atoms with Crippen LogP contribution in [-0.2, 0) is 0 Å². The Morgan fingerprint density at radius 1 is 1.45 bits per heavy atom. The summed E-state index contributed by atoms with van der Waals surface area (Å²) in [6.45, 7) is 4.49. The fourth-order valence-electron chi connectivity index (χ4n) is 2.07. The summed E-state index contributed by atoms with van der Waals surface area (Å²) in [5, 5.41) is 4.16. The van der Waals surface area contributed by atoms with Crippen LogP contribution >= 0.6 is 0 Å². The number of hydrogen-bond acceptors (Lipinski definition) is 4. The van der Waals surface area contributed by atoms with Gasteiger partial charge in [-0.3, -0.25) is 4.79 Å². The predicted octanol–water partition coefficient (Wildman–Crippen LogP) is 3.17. The molecule has 6 heteroatoms. The van der Waals surface area contributed by atoms with E-state index in [1.807, 2.05) is 13.8 Å². The minimum atomic E-state index is -0.379. The largest absolute Gasteiger partial charge is 0.462 e. The van der Waals surface area contributed by atoms with E-state index in [1.54, 1.807) is 12.1 Å². The van der Waals surface area contributed by atoms with E-state index in [0.29, 0.717) is 23.9 Å². The van der Waals surface area contributed by atoms with E-state index in [4.69, 9.17) is 4.74 Å². The lowest BCUT2D eigenvalue weighted by Gasteiger charge is -2.03. The maximum atomic E-state index is 13.4. The molecule has 0 unspecified atom stereocenters. The third kappa shape index (κ3) is 3.16. The second kappa shape index (κ2) is 5.87. The summed E-state index contributed by atoms with van der Waals surface area (Å²) in [7, 11) is 0. The molecule has 0 spiro atoms. The lowest BCUT2D eigenvalue weighted by atomic mass is 10.2. The smallest absolute Gasteiger partial charge is 0.336 e. The van der Waals surface area contributed by atoms with Crippen molar-refractivity contribution in [3.05, 3.63) is 30.1 Å². The summed E-state index contributed by atoms with van der Waals surface area (Å²) in [4.78, 5) is 16.6. The van der Waals surface area contributed by atoms with Crippen LogP contribution in [0.5, 0.6) is 6.01 Å². The van der Waals surface area contributed by atoms with Crippen LogP contribution in [0.25, 0.3) is 11.4 Å². The van der Waals surface area contributed by atoms with Crippen molar-refractivity contribution in [3.63, 3.8) is 0 Å². The van der Waals surface area contributed by atoms with E-state index in [-0.39, 0.29) is 23.7 Å². The van der Waals surface area contributed by atoms with Crippen molar-refractivity contribution in [2.75, 3.05) is 6.61 Å². The summed E-state index contributed by atoms with van der Waals surface area (Å²) in [5.74, 6) is 0.160. The highest BCUT2D eigenvalue weighted by Crippen LogP contribution is 2.32. The molecule has 1 aromatic carbocycles. The molecule has 1 heterocycles. The Balaban J connectivity index is 1.96. The zero-order valence-electron chi connectivity index (χ0n) is 12.6. The van der Waals surface area contributed by atoms with E-state index < -0.39 is 0 Å². The average Bonchev–Trinajstić information content (AvgIpc) is 3.24. The maximum Gasteiger partial charge on any atom is 0.336 e. The van der Waals surface area contributed by atoms with Crippen molar-refractivity contribution in [2.24, 2.45) is 11.8 Å². The van der Waals surface area contributed by atoms with Crippen LogP contribution in [0.4, 0.5) is 4.39 Å². The number of nitrogens with zero attached hydrogens (tertiary/aromatic N) is 3. The second-order valence-corrected chi connectivity index (χ2v) is 5.96. The Bertz CT molecular complexity index is 692. The van der Waals surface area contributed by atoms with Gasteiger partial charge in [-0.15, -0.1) is 5.10 Å². The molecule has 0 N–H and O–H groups in total. The number of carbonyl (C=O) groups is 1. The molecule has 0 saturated heterocycles. The molecule has 0 aliphatic heterocycles. The summed E-state index contributed by atoms with van der Waals surface area (Å²) in [5.41, 5.74) is 0.515. The average molecular weight is 303 g/mol. The predicted molar refractivity (Wildman–Crippen MR) is 79.1 cm³/mol. The van der Waals surface area contributed by atoms with Gasteiger partial charge >= 0.3 is 6.01 Å². The molecule has 5 nitrogen and oxygen atoms in total. The molecule has 1 aliphatic rings. The molecular weight excluding hydrogens is 285 g/mol. The summed E-state index contributed by atoms with van der Waals surface area (Å²) in [6, 6.07) is 6.13. The Labute approximate surface area is 128 Å². The third-order valence-electron chi connectivity index (χ3n) is 3.35. The number of rotatable bonds is 5. The Morgan fingerprint density at radius 2 is 2.23 bits per heavy atom. The van der Waals surface area contributed by atoms with Crippen LogP contribution in [0.2, 0.25) is 0 Å². The molecule has 0 atom stereocenters. The van der Waals surface area contributed by atoms with Crippen molar-refractivity contribution in [1.29, 1.82) is 0 Å². The highest BCUT2D eigenvalue weighted by Gasteiger charge is 2.33. The third-order valence-corrected chi connectivity index (χ3v) is 3.35. The van der Waals surface area contributed by atoms with E-state index in [0.717, 1.165) is 12.8 Å². The van der Waals surface area contributed by atoms with Crippen molar-refractivity contribution >= 4 is 5.91 Å². The molecule has 2 aromatic rings. The van der Waals surface area contributed by atoms with Gasteiger partial charge in [-0.25, -0.2) is 4.39 Å². The molecule has 22 heavy (non-hydrogen) atoms. The van der Waals surface area contributed by atoms with E-state index in [9.17, 15) is 9.18 Å². The Morgan fingerprint density at radius 3 is 2.86 bits per heavy atom. The van der Waals surface area contributed by atoms with Gasteiger partial charge in [0.15, 0.2) is 5.82 Å². The molecular formula is C16H18FN3O2. The number of ether oxygens (including phenoxy) is 1. The van der Waals surface area contributed by atoms with Crippen LogP contribution in [0.3, 0.4) is 0 Å². The highest BCUT2D eigenvalue weighted by atomic mass is 19.1. The molecule has 3 rings (SSSR count). The minimum absolute atomic E-state index is 0.00745. The summed E-state index contributed by atoms with van der Waals surface area (Å²) < 4.78 is 20.2. The molecule has 116 valence electrons. The lowest BCUT2D eigenvalue weighted by Crippen LogP contribution is -2.16. The maximum absolute atomic E-state index is 13.4. The van der Waals surface area contributed by atoms with Crippen molar-refractivity contribution in [2.45, 2.75) is 26.7 Å². The van der Waals surface area contributed by atoms with Gasteiger partial charge in [-0.1, -0.05) is 26.0 Å². The fraction of sp³-hybridized carbons (Fsp3) is 0.438. The van der Waals surface area contributed by atoms with Gasteiger partial charge < -0.3 is 4.74 Å². The van der Waals surface area contributed by atoms with Crippen LogP contribution in [0, 0.1) is 17.7 Å². The number of carbonyl (C=O) groups excluding carboxylic acids is 1. The van der Waals surface area contributed by atoms with Gasteiger partial charge in [-0.05, 0) is 30.9 Å². The molecule has 1 fully saturated rings. The molecule has 0 bridgehead atoms. The van der Waals surface area contributed by atoms with Gasteiger partial charge in [-0.2, -0.15) is 9.67 Å². The quantitative estimate of drug-likeness (QED) is 0.851. The van der Waals surface area contributed by atoms with E-state index in [2.05, 4.69) is 10.1 Å². The minimum Gasteiger partial charge on any atom is -0.462 e. The summed E-state index contributed by atoms with van der Waals surface area (Å²) >= 11 is 0. The first-order valence-corrected chi connectivity index (χ1v) is 7.44. The van der Waals surface area contributed by atoms with Gasteiger partial charge in [0.2, 0.25) is 0 Å². The monoisotopic (exact) mass is 303 g/mol. The number of hydrogen-bond donors (Lipinski definition) is 0. The second-order valence-electron chi connectivity index (χ2n) is 5.96. The van der Waals surface area contributed by atoms with Gasteiger partial charge in [0.1, 0.15) is 5.82 Å². The van der Waals surface area contributed by atoms with Gasteiger partial charge in [0.05, 0.1) is 6.61 Å². The molecule has 1 saturated carbocycles. The van der Waals surface area contributed by atoms with Crippen molar-refractivity contribution in [3.8, 4) is 17.4 Å². The zero-order chi connectivity index (χ0) is 15.7. The Kier molecular flexibility index (Phi) is 3.92. The molecule has 1 aromatic heterocycles. The first-order valence-electron chi connectivity index (χ1n) is 7.44. The van der Waals surface area contributed by atoms with Crippen LogP contribution in [0.15, 0.2) is 24.3 Å². The fourth-order valence-corrected chi connectivity index (χ4v) is 2.07. The number of aromatic nitrogens is 3. The van der Waals surface area contributed by atoms with Crippen LogP contribution in [-0.4, -0.2) is 27.3 Å². The summed E-state index contributed by atoms with van der Waals surface area (Å²) in [6.07, 6.45) is 1.73. The highest BCUT2D eigenvalue weighted by molar-refractivity contribution is 5.86. The topological polar surface area (TPSA) is 57.0 Å². The van der Waals surface area contributed by atoms with Crippen molar-refractivity contribution < 1.29 is 13.9 Å². The lowest BCUT2D eigenvalue weighted by molar-refractivity contribution is 0.0869. The van der Waals surface area contributed by atoms with Crippen LogP contribution < -0.4 is 4.74 Å². The first-order chi connectivity index (χ1) is 10.5. The molecule has 0 amide bonds. The first kappa shape index (κ1) is 14.7. The number of halogens is 1. The SMILES string of the molecule is CC(C)COc1nc(-c2cccc(F)c2)n(C(=O)C2CC2)n1. The van der Waals surface area contributed by atoms with Gasteiger partial charge in [0, 0.05) is 11.5 Å². The normalized spacial score (nSPS) is 14.4. The molecule has 0 radical (unpaired) electrons.